The molecule has 0 unspecified atom stereocenters. The molecule has 0 aliphatic carbocycles. The Balaban J connectivity index is 2.56. The number of alkyl carbamates (subject to hydrolysis) is 1. The summed E-state index contributed by atoms with van der Waals surface area (Å²) >= 11 is 0. The Bertz CT molecular complexity index is 321. The van der Waals surface area contributed by atoms with E-state index in [2.05, 4.69) is 5.32 Å². The molecule has 1 heterocycles. The Morgan fingerprint density at radius 3 is 2.56 bits per heavy atom. The van der Waals surface area contributed by atoms with Gasteiger partial charge in [0.25, 0.3) is 0 Å². The van der Waals surface area contributed by atoms with Crippen LogP contribution >= 0.6 is 0 Å². The smallest absolute Gasteiger partial charge is 0.408 e. The van der Waals surface area contributed by atoms with Gasteiger partial charge in [-0.25, -0.2) is 4.79 Å². The number of rotatable bonds is 2. The van der Waals surface area contributed by atoms with Gasteiger partial charge < -0.3 is 15.0 Å². The highest BCUT2D eigenvalue weighted by atomic mass is 16.6. The molecule has 1 saturated heterocycles. The zero-order valence-corrected chi connectivity index (χ0v) is 11.9. The van der Waals surface area contributed by atoms with Crippen molar-refractivity contribution in [2.45, 2.75) is 65.1 Å². The molecule has 0 spiro atoms. The van der Waals surface area contributed by atoms with Gasteiger partial charge in [-0.1, -0.05) is 0 Å². The van der Waals surface area contributed by atoms with Crippen molar-refractivity contribution in [2.24, 2.45) is 0 Å². The molecule has 0 saturated carbocycles. The van der Waals surface area contributed by atoms with Gasteiger partial charge in [0.2, 0.25) is 5.91 Å². The van der Waals surface area contributed by atoms with E-state index < -0.39 is 17.7 Å². The Hall–Kier alpha value is -1.26. The van der Waals surface area contributed by atoms with Gasteiger partial charge in [-0.05, 0) is 47.5 Å². The van der Waals surface area contributed by atoms with Crippen LogP contribution in [0.4, 0.5) is 4.79 Å². The van der Waals surface area contributed by atoms with Crippen LogP contribution in [0.5, 0.6) is 0 Å². The molecule has 0 bridgehead atoms. The first-order valence-electron chi connectivity index (χ1n) is 6.50. The first kappa shape index (κ1) is 14.8. The van der Waals surface area contributed by atoms with E-state index in [0.29, 0.717) is 6.42 Å². The lowest BCUT2D eigenvalue weighted by Gasteiger charge is -2.35. The third-order valence-corrected chi connectivity index (χ3v) is 2.79. The summed E-state index contributed by atoms with van der Waals surface area (Å²) in [6, 6.07) is -0.281. The minimum atomic E-state index is -0.542. The minimum absolute atomic E-state index is 0.0119. The molecule has 1 aliphatic heterocycles. The Morgan fingerprint density at radius 2 is 2.06 bits per heavy atom. The maximum atomic E-state index is 12.1. The number of hydrogen-bond donors (Lipinski definition) is 1. The standard InChI is InChI=1S/C13H24N2O3/c1-9(2)15-8-6-7-10(11(15)16)14-12(17)18-13(3,4)5/h9-10H,6-8H2,1-5H3,(H,14,17)/t10-/m0/s1. The fourth-order valence-corrected chi connectivity index (χ4v) is 2.00. The maximum absolute atomic E-state index is 12.1. The normalized spacial score (nSPS) is 21.1. The Kier molecular flexibility index (Phi) is 4.59. The monoisotopic (exact) mass is 256 g/mol. The summed E-state index contributed by atoms with van der Waals surface area (Å²) in [5.74, 6) is -0.0119. The molecule has 0 aromatic rings. The van der Waals surface area contributed by atoms with Crippen molar-refractivity contribution >= 4 is 12.0 Å². The third-order valence-electron chi connectivity index (χ3n) is 2.79. The number of hydrogen-bond acceptors (Lipinski definition) is 3. The summed E-state index contributed by atoms with van der Waals surface area (Å²) in [5, 5.41) is 2.66. The summed E-state index contributed by atoms with van der Waals surface area (Å²) in [5.41, 5.74) is -0.542. The molecule has 0 aromatic heterocycles. The topological polar surface area (TPSA) is 58.6 Å². The van der Waals surface area contributed by atoms with Gasteiger partial charge >= 0.3 is 6.09 Å². The van der Waals surface area contributed by atoms with E-state index in [-0.39, 0.29) is 11.9 Å². The van der Waals surface area contributed by atoms with Crippen molar-refractivity contribution in [3.05, 3.63) is 0 Å². The zero-order chi connectivity index (χ0) is 13.9. The van der Waals surface area contributed by atoms with Crippen LogP contribution in [0.15, 0.2) is 0 Å². The van der Waals surface area contributed by atoms with Crippen LogP contribution in [0.1, 0.15) is 47.5 Å². The van der Waals surface area contributed by atoms with Crippen LogP contribution in [-0.4, -0.2) is 41.1 Å². The molecule has 2 amide bonds. The van der Waals surface area contributed by atoms with Gasteiger partial charge in [0.05, 0.1) is 0 Å². The second kappa shape index (κ2) is 5.59. The molecule has 104 valence electrons. The van der Waals surface area contributed by atoms with Gasteiger partial charge in [-0.3, -0.25) is 4.79 Å². The molecule has 1 fully saturated rings. The van der Waals surface area contributed by atoms with E-state index in [4.69, 9.17) is 4.74 Å². The molecule has 0 radical (unpaired) electrons. The van der Waals surface area contributed by atoms with Gasteiger partial charge in [0.15, 0.2) is 0 Å². The number of likely N-dealkylation sites (tertiary alicyclic amines) is 1. The fraction of sp³-hybridized carbons (Fsp3) is 0.846. The van der Waals surface area contributed by atoms with E-state index >= 15 is 0 Å². The van der Waals surface area contributed by atoms with Crippen molar-refractivity contribution in [3.63, 3.8) is 0 Å². The van der Waals surface area contributed by atoms with E-state index in [9.17, 15) is 9.59 Å². The summed E-state index contributed by atoms with van der Waals surface area (Å²) in [6.07, 6.45) is 1.07. The lowest BCUT2D eigenvalue weighted by molar-refractivity contribution is -0.137. The molecule has 1 aliphatic rings. The minimum Gasteiger partial charge on any atom is -0.444 e. The average Bonchev–Trinajstić information content (AvgIpc) is 2.17. The van der Waals surface area contributed by atoms with Gasteiger partial charge in [-0.2, -0.15) is 0 Å². The highest BCUT2D eigenvalue weighted by Gasteiger charge is 2.32. The second-order valence-corrected chi connectivity index (χ2v) is 5.97. The van der Waals surface area contributed by atoms with E-state index in [1.807, 2.05) is 13.8 Å². The summed E-state index contributed by atoms with van der Waals surface area (Å²) in [7, 11) is 0. The SMILES string of the molecule is CC(C)N1CCC[C@H](NC(=O)OC(C)(C)C)C1=O. The molecule has 1 rings (SSSR count). The quantitative estimate of drug-likeness (QED) is 0.821. The molecular formula is C13H24N2O3. The molecule has 18 heavy (non-hydrogen) atoms. The van der Waals surface area contributed by atoms with Crippen LogP contribution in [0, 0.1) is 0 Å². The lowest BCUT2D eigenvalue weighted by atomic mass is 10.0. The molecule has 5 nitrogen and oxygen atoms in total. The van der Waals surface area contributed by atoms with Crippen LogP contribution < -0.4 is 5.32 Å². The molecule has 1 N–H and O–H groups in total. The number of piperidine rings is 1. The number of carbonyl (C=O) groups excluding carboxylic acids is 2. The van der Waals surface area contributed by atoms with Crippen molar-refractivity contribution in [1.82, 2.24) is 10.2 Å². The van der Waals surface area contributed by atoms with Gasteiger partial charge in [0.1, 0.15) is 11.6 Å². The zero-order valence-electron chi connectivity index (χ0n) is 11.9. The van der Waals surface area contributed by atoms with Crippen molar-refractivity contribution in [2.75, 3.05) is 6.54 Å². The third kappa shape index (κ3) is 4.20. The van der Waals surface area contributed by atoms with Gasteiger partial charge in [0, 0.05) is 12.6 Å². The van der Waals surface area contributed by atoms with Crippen molar-refractivity contribution in [3.8, 4) is 0 Å². The van der Waals surface area contributed by atoms with Crippen molar-refractivity contribution < 1.29 is 14.3 Å². The molecular weight excluding hydrogens is 232 g/mol. The molecule has 0 aromatic carbocycles. The van der Waals surface area contributed by atoms with Crippen LogP contribution in [0.2, 0.25) is 0 Å². The average molecular weight is 256 g/mol. The largest absolute Gasteiger partial charge is 0.444 e. The predicted molar refractivity (Wildman–Crippen MR) is 69.2 cm³/mol. The summed E-state index contributed by atoms with van der Waals surface area (Å²) in [6.45, 7) is 10.1. The van der Waals surface area contributed by atoms with E-state index in [1.165, 1.54) is 0 Å². The highest BCUT2D eigenvalue weighted by Crippen LogP contribution is 2.15. The number of nitrogens with zero attached hydrogens (tertiary/aromatic N) is 1. The summed E-state index contributed by atoms with van der Waals surface area (Å²) in [4.78, 5) is 25.6. The van der Waals surface area contributed by atoms with E-state index in [0.717, 1.165) is 13.0 Å². The first-order chi connectivity index (χ1) is 8.20. The summed E-state index contributed by atoms with van der Waals surface area (Å²) < 4.78 is 5.16. The number of carbonyl (C=O) groups is 2. The Labute approximate surface area is 109 Å². The van der Waals surface area contributed by atoms with Gasteiger partial charge in [-0.15, -0.1) is 0 Å². The number of ether oxygens (including phenoxy) is 1. The van der Waals surface area contributed by atoms with Crippen LogP contribution in [0.3, 0.4) is 0 Å². The first-order valence-corrected chi connectivity index (χ1v) is 6.50. The van der Waals surface area contributed by atoms with Crippen LogP contribution in [0.25, 0.3) is 0 Å². The number of nitrogens with one attached hydrogen (secondary N) is 1. The predicted octanol–water partition coefficient (Wildman–Crippen LogP) is 1.91. The Morgan fingerprint density at radius 1 is 1.44 bits per heavy atom. The van der Waals surface area contributed by atoms with E-state index in [1.54, 1.807) is 25.7 Å². The molecule has 5 heteroatoms. The fourth-order valence-electron chi connectivity index (χ4n) is 2.00. The molecule has 1 atom stereocenters. The highest BCUT2D eigenvalue weighted by molar-refractivity contribution is 5.86. The second-order valence-electron chi connectivity index (χ2n) is 5.97. The van der Waals surface area contributed by atoms with Crippen LogP contribution in [-0.2, 0) is 9.53 Å². The lowest BCUT2D eigenvalue weighted by Crippen LogP contribution is -2.54. The van der Waals surface area contributed by atoms with Crippen molar-refractivity contribution in [1.29, 1.82) is 0 Å². The maximum Gasteiger partial charge on any atom is 0.408 e. The number of amides is 2.